The Morgan fingerprint density at radius 2 is 1.93 bits per heavy atom. The molecule has 0 aromatic heterocycles. The molecule has 0 heterocycles. The average Bonchev–Trinajstić information content (AvgIpc) is 2.17. The molecule has 1 rings (SSSR count). The van der Waals surface area contributed by atoms with E-state index < -0.39 is 0 Å². The summed E-state index contributed by atoms with van der Waals surface area (Å²) in [7, 11) is 1.69. The molecule has 1 nitrogen and oxygen atoms in total. The standard InChI is InChI=1S/C13H18O/c1-10(2)9-11(3)12-5-7-13(14-4)8-6-12/h5-8,11H,1,9H2,2-4H3. The van der Waals surface area contributed by atoms with Gasteiger partial charge in [-0.3, -0.25) is 0 Å². The SMILES string of the molecule is C=C(C)CC(C)c1ccc(OC)cc1. The van der Waals surface area contributed by atoms with Crippen LogP contribution in [-0.2, 0) is 0 Å². The summed E-state index contributed by atoms with van der Waals surface area (Å²) in [5, 5.41) is 0. The monoisotopic (exact) mass is 190 g/mol. The number of benzene rings is 1. The molecule has 0 N–H and O–H groups in total. The lowest BCUT2D eigenvalue weighted by Crippen LogP contribution is -1.94. The minimum Gasteiger partial charge on any atom is -0.497 e. The van der Waals surface area contributed by atoms with Crippen LogP contribution >= 0.6 is 0 Å². The lowest BCUT2D eigenvalue weighted by atomic mass is 9.95. The van der Waals surface area contributed by atoms with Gasteiger partial charge < -0.3 is 4.74 Å². The largest absolute Gasteiger partial charge is 0.497 e. The van der Waals surface area contributed by atoms with Gasteiger partial charge in [-0.05, 0) is 37.0 Å². The molecule has 0 aliphatic rings. The zero-order valence-corrected chi connectivity index (χ0v) is 9.21. The Kier molecular flexibility index (Phi) is 3.75. The van der Waals surface area contributed by atoms with E-state index in [1.807, 2.05) is 12.1 Å². The highest BCUT2D eigenvalue weighted by molar-refractivity contribution is 5.29. The van der Waals surface area contributed by atoms with Gasteiger partial charge in [0.05, 0.1) is 7.11 Å². The highest BCUT2D eigenvalue weighted by Gasteiger charge is 2.05. The molecule has 0 bridgehead atoms. The maximum atomic E-state index is 5.11. The van der Waals surface area contributed by atoms with Gasteiger partial charge in [-0.1, -0.05) is 24.6 Å². The molecule has 14 heavy (non-hydrogen) atoms. The quantitative estimate of drug-likeness (QED) is 0.657. The van der Waals surface area contributed by atoms with Gasteiger partial charge >= 0.3 is 0 Å². The van der Waals surface area contributed by atoms with Crippen LogP contribution in [0.15, 0.2) is 36.4 Å². The maximum Gasteiger partial charge on any atom is 0.118 e. The molecule has 0 fully saturated rings. The fourth-order valence-corrected chi connectivity index (χ4v) is 1.57. The second-order valence-electron chi connectivity index (χ2n) is 3.84. The Balaban J connectivity index is 2.71. The molecule has 0 saturated heterocycles. The summed E-state index contributed by atoms with van der Waals surface area (Å²) in [6.07, 6.45) is 1.05. The van der Waals surface area contributed by atoms with Gasteiger partial charge in [0.1, 0.15) is 5.75 Å². The van der Waals surface area contributed by atoms with Gasteiger partial charge in [0.2, 0.25) is 0 Å². The van der Waals surface area contributed by atoms with Crippen LogP contribution in [0.4, 0.5) is 0 Å². The predicted octanol–water partition coefficient (Wildman–Crippen LogP) is 3.76. The van der Waals surface area contributed by atoms with Crippen molar-refractivity contribution in [2.24, 2.45) is 0 Å². The molecule has 0 aliphatic carbocycles. The third-order valence-electron chi connectivity index (χ3n) is 2.34. The first-order valence-electron chi connectivity index (χ1n) is 4.92. The molecule has 76 valence electrons. The van der Waals surface area contributed by atoms with Gasteiger partial charge in [0.15, 0.2) is 0 Å². The number of rotatable bonds is 4. The van der Waals surface area contributed by atoms with Crippen LogP contribution in [0, 0.1) is 0 Å². The molecule has 1 aromatic rings. The second-order valence-corrected chi connectivity index (χ2v) is 3.84. The van der Waals surface area contributed by atoms with Gasteiger partial charge in [-0.15, -0.1) is 6.58 Å². The second kappa shape index (κ2) is 4.85. The van der Waals surface area contributed by atoms with Crippen molar-refractivity contribution in [3.05, 3.63) is 42.0 Å². The lowest BCUT2D eigenvalue weighted by Gasteiger charge is -2.11. The Labute approximate surface area is 86.4 Å². The maximum absolute atomic E-state index is 5.11. The summed E-state index contributed by atoms with van der Waals surface area (Å²) < 4.78 is 5.11. The van der Waals surface area contributed by atoms with E-state index in [4.69, 9.17) is 4.74 Å². The van der Waals surface area contributed by atoms with E-state index in [2.05, 4.69) is 32.6 Å². The molecule has 0 saturated carbocycles. The smallest absolute Gasteiger partial charge is 0.118 e. The zero-order valence-electron chi connectivity index (χ0n) is 9.21. The van der Waals surface area contributed by atoms with E-state index in [1.54, 1.807) is 7.11 Å². The molecule has 1 heteroatoms. The third-order valence-corrected chi connectivity index (χ3v) is 2.34. The summed E-state index contributed by atoms with van der Waals surface area (Å²) in [6.45, 7) is 8.22. The molecule has 0 spiro atoms. The Morgan fingerprint density at radius 3 is 2.36 bits per heavy atom. The van der Waals surface area contributed by atoms with Crippen LogP contribution in [0.1, 0.15) is 31.7 Å². The number of ether oxygens (including phenoxy) is 1. The molecular formula is C13H18O. The van der Waals surface area contributed by atoms with Gasteiger partial charge in [0.25, 0.3) is 0 Å². The van der Waals surface area contributed by atoms with E-state index in [-0.39, 0.29) is 0 Å². The van der Waals surface area contributed by atoms with Crippen LogP contribution in [-0.4, -0.2) is 7.11 Å². The van der Waals surface area contributed by atoms with Crippen molar-refractivity contribution in [1.29, 1.82) is 0 Å². The lowest BCUT2D eigenvalue weighted by molar-refractivity contribution is 0.414. The van der Waals surface area contributed by atoms with Crippen LogP contribution in [0.3, 0.4) is 0 Å². The molecule has 1 aromatic carbocycles. The van der Waals surface area contributed by atoms with Crippen LogP contribution in [0.2, 0.25) is 0 Å². The van der Waals surface area contributed by atoms with Crippen LogP contribution < -0.4 is 4.74 Å². The van der Waals surface area contributed by atoms with Gasteiger partial charge in [-0.25, -0.2) is 0 Å². The van der Waals surface area contributed by atoms with Crippen molar-refractivity contribution in [2.45, 2.75) is 26.2 Å². The number of methoxy groups -OCH3 is 1. The van der Waals surface area contributed by atoms with E-state index in [9.17, 15) is 0 Å². The first-order chi connectivity index (χ1) is 6.63. The van der Waals surface area contributed by atoms with Crippen molar-refractivity contribution in [2.75, 3.05) is 7.11 Å². The Bertz CT molecular complexity index is 298. The first-order valence-corrected chi connectivity index (χ1v) is 4.92. The normalized spacial score (nSPS) is 12.2. The third kappa shape index (κ3) is 2.91. The minimum absolute atomic E-state index is 0.540. The number of allylic oxidation sites excluding steroid dienone is 1. The van der Waals surface area contributed by atoms with E-state index >= 15 is 0 Å². The summed E-state index contributed by atoms with van der Waals surface area (Å²) in [4.78, 5) is 0. The molecule has 0 amide bonds. The minimum atomic E-state index is 0.540. The summed E-state index contributed by atoms with van der Waals surface area (Å²) in [6, 6.07) is 8.24. The zero-order chi connectivity index (χ0) is 10.6. The number of hydrogen-bond donors (Lipinski definition) is 0. The fraction of sp³-hybridized carbons (Fsp3) is 0.385. The first kappa shape index (κ1) is 10.8. The van der Waals surface area contributed by atoms with Crippen molar-refractivity contribution in [1.82, 2.24) is 0 Å². The summed E-state index contributed by atoms with van der Waals surface area (Å²) in [5.41, 5.74) is 2.57. The summed E-state index contributed by atoms with van der Waals surface area (Å²) >= 11 is 0. The van der Waals surface area contributed by atoms with Gasteiger partial charge in [-0.2, -0.15) is 0 Å². The van der Waals surface area contributed by atoms with Crippen molar-refractivity contribution in [3.63, 3.8) is 0 Å². The highest BCUT2D eigenvalue weighted by Crippen LogP contribution is 2.23. The molecule has 1 unspecified atom stereocenters. The van der Waals surface area contributed by atoms with E-state index in [0.717, 1.165) is 12.2 Å². The van der Waals surface area contributed by atoms with Crippen molar-refractivity contribution in [3.8, 4) is 5.75 Å². The molecule has 0 radical (unpaired) electrons. The topological polar surface area (TPSA) is 9.23 Å². The summed E-state index contributed by atoms with van der Waals surface area (Å²) in [5.74, 6) is 1.45. The van der Waals surface area contributed by atoms with Crippen molar-refractivity contribution >= 4 is 0 Å². The fourth-order valence-electron chi connectivity index (χ4n) is 1.57. The molecule has 1 atom stereocenters. The number of hydrogen-bond acceptors (Lipinski definition) is 1. The van der Waals surface area contributed by atoms with E-state index in [1.165, 1.54) is 11.1 Å². The molecular weight excluding hydrogens is 172 g/mol. The highest BCUT2D eigenvalue weighted by atomic mass is 16.5. The average molecular weight is 190 g/mol. The van der Waals surface area contributed by atoms with Gasteiger partial charge in [0, 0.05) is 0 Å². The molecule has 0 aliphatic heterocycles. The van der Waals surface area contributed by atoms with Crippen molar-refractivity contribution < 1.29 is 4.74 Å². The Hall–Kier alpha value is -1.24. The Morgan fingerprint density at radius 1 is 1.36 bits per heavy atom. The van der Waals surface area contributed by atoms with E-state index in [0.29, 0.717) is 5.92 Å². The van der Waals surface area contributed by atoms with Crippen LogP contribution in [0.5, 0.6) is 5.75 Å². The predicted molar refractivity (Wildman–Crippen MR) is 60.8 cm³/mol. The van der Waals surface area contributed by atoms with Crippen LogP contribution in [0.25, 0.3) is 0 Å².